The summed E-state index contributed by atoms with van der Waals surface area (Å²) in [6.07, 6.45) is 13.6. The van der Waals surface area contributed by atoms with Crippen LogP contribution in [0.4, 0.5) is 21.7 Å². The SMILES string of the molecule is O=S(=O)(C1CC1)n1cc(-c2nccc(Nc3cc(N[C@@H]4CCC[C@H](O)C4)c(C#Cc4cnn(CCF)c4)cn3)n2)cn1. The summed E-state index contributed by atoms with van der Waals surface area (Å²) in [7, 11) is -3.49. The molecule has 0 bridgehead atoms. The molecule has 2 atom stereocenters. The van der Waals surface area contributed by atoms with Crippen molar-refractivity contribution in [1.82, 2.24) is 33.9 Å². The van der Waals surface area contributed by atoms with Gasteiger partial charge in [-0.2, -0.15) is 14.3 Å². The number of halogens is 1. The second kappa shape index (κ2) is 11.9. The van der Waals surface area contributed by atoms with E-state index in [1.165, 1.54) is 17.1 Å². The van der Waals surface area contributed by atoms with E-state index >= 15 is 0 Å². The Balaban J connectivity index is 1.24. The molecule has 6 rings (SSSR count). The quantitative estimate of drug-likeness (QED) is 0.248. The Morgan fingerprint density at radius 2 is 1.93 bits per heavy atom. The molecule has 2 aliphatic rings. The van der Waals surface area contributed by atoms with Gasteiger partial charge in [0.15, 0.2) is 5.82 Å². The van der Waals surface area contributed by atoms with Gasteiger partial charge in [0.2, 0.25) is 0 Å². The highest BCUT2D eigenvalue weighted by atomic mass is 32.2. The zero-order valence-corrected chi connectivity index (χ0v) is 23.5. The number of nitrogens with zero attached hydrogens (tertiary/aromatic N) is 7. The average Bonchev–Trinajstić information content (AvgIpc) is 3.55. The van der Waals surface area contributed by atoms with Crippen LogP contribution >= 0.6 is 0 Å². The zero-order valence-electron chi connectivity index (χ0n) is 22.7. The number of nitrogens with one attached hydrogen (secondary N) is 2. The van der Waals surface area contributed by atoms with Crippen LogP contribution in [0.15, 0.2) is 49.3 Å². The van der Waals surface area contributed by atoms with Gasteiger partial charge in [-0.15, -0.1) is 0 Å². The molecule has 0 amide bonds. The van der Waals surface area contributed by atoms with E-state index in [1.807, 2.05) is 6.07 Å². The van der Waals surface area contributed by atoms with Crippen LogP contribution in [0.2, 0.25) is 0 Å². The summed E-state index contributed by atoms with van der Waals surface area (Å²) in [5.74, 6) is 7.49. The lowest BCUT2D eigenvalue weighted by Crippen LogP contribution is -2.30. The van der Waals surface area contributed by atoms with Crippen LogP contribution in [-0.2, 0) is 16.6 Å². The summed E-state index contributed by atoms with van der Waals surface area (Å²) in [5, 5.41) is 24.7. The predicted molar refractivity (Wildman–Crippen MR) is 154 cm³/mol. The molecule has 2 fully saturated rings. The van der Waals surface area contributed by atoms with Gasteiger partial charge in [-0.3, -0.25) is 4.68 Å². The number of pyridine rings is 1. The Morgan fingerprint density at radius 3 is 2.74 bits per heavy atom. The third-order valence-corrected chi connectivity index (χ3v) is 9.17. The molecule has 2 aliphatic carbocycles. The van der Waals surface area contributed by atoms with Gasteiger partial charge < -0.3 is 15.7 Å². The Morgan fingerprint density at radius 1 is 1.05 bits per heavy atom. The number of hydrogen-bond acceptors (Lipinski definition) is 10. The largest absolute Gasteiger partial charge is 0.393 e. The molecule has 12 nitrogen and oxygen atoms in total. The normalized spacial score (nSPS) is 18.7. The number of aryl methyl sites for hydroxylation is 1. The summed E-state index contributed by atoms with van der Waals surface area (Å²) in [5.41, 5.74) is 2.54. The van der Waals surface area contributed by atoms with Gasteiger partial charge in [0.05, 0.1) is 58.9 Å². The van der Waals surface area contributed by atoms with Crippen molar-refractivity contribution in [1.29, 1.82) is 0 Å². The number of rotatable bonds is 9. The minimum Gasteiger partial charge on any atom is -0.393 e. The van der Waals surface area contributed by atoms with Crippen LogP contribution in [0.3, 0.4) is 0 Å². The summed E-state index contributed by atoms with van der Waals surface area (Å²) in [4.78, 5) is 13.4. The Labute approximate surface area is 242 Å². The number of aliphatic hydroxyl groups is 1. The second-order valence-corrected chi connectivity index (χ2v) is 12.5. The van der Waals surface area contributed by atoms with Crippen molar-refractivity contribution >= 4 is 27.3 Å². The maximum absolute atomic E-state index is 12.6. The van der Waals surface area contributed by atoms with E-state index in [2.05, 4.69) is 47.6 Å². The standard InChI is InChI=1S/C28H30FN9O3S/c29-9-11-37-17-19(14-32-37)4-5-20-15-31-27(13-25(20)34-22-2-1-3-23(39)12-22)35-26-8-10-30-28(36-26)21-16-33-38(18-21)42(40,41)24-6-7-24/h8,10,13-18,22-24,39H,1-3,6-7,9,11-12H2,(H2,30,31,34,35,36)/t22-,23+/m1/s1. The third kappa shape index (κ3) is 6.42. The van der Waals surface area contributed by atoms with E-state index in [0.717, 1.165) is 29.0 Å². The van der Waals surface area contributed by atoms with Gasteiger partial charge in [-0.25, -0.2) is 27.8 Å². The van der Waals surface area contributed by atoms with Crippen molar-refractivity contribution in [2.75, 3.05) is 17.3 Å². The number of anilines is 3. The van der Waals surface area contributed by atoms with Gasteiger partial charge in [-0.1, -0.05) is 11.8 Å². The Kier molecular flexibility index (Phi) is 7.86. The lowest BCUT2D eigenvalue weighted by Gasteiger charge is -2.28. The summed E-state index contributed by atoms with van der Waals surface area (Å²) in [6, 6.07) is 3.59. The van der Waals surface area contributed by atoms with Gasteiger partial charge in [0.1, 0.15) is 18.3 Å². The summed E-state index contributed by atoms with van der Waals surface area (Å²) in [6.45, 7) is -0.332. The molecule has 4 heterocycles. The molecule has 0 aromatic carbocycles. The van der Waals surface area contributed by atoms with Gasteiger partial charge in [0, 0.05) is 30.7 Å². The molecular weight excluding hydrogens is 561 g/mol. The molecule has 4 aromatic heterocycles. The van der Waals surface area contributed by atoms with Crippen molar-refractivity contribution < 1.29 is 17.9 Å². The van der Waals surface area contributed by atoms with Crippen molar-refractivity contribution in [2.45, 2.75) is 62.5 Å². The second-order valence-electron chi connectivity index (χ2n) is 10.4. The molecule has 0 saturated heterocycles. The molecule has 218 valence electrons. The van der Waals surface area contributed by atoms with Gasteiger partial charge in [0.25, 0.3) is 10.0 Å². The summed E-state index contributed by atoms with van der Waals surface area (Å²) < 4.78 is 40.2. The number of aromatic nitrogens is 7. The highest BCUT2D eigenvalue weighted by Crippen LogP contribution is 2.30. The molecule has 0 radical (unpaired) electrons. The number of hydrogen-bond donors (Lipinski definition) is 3. The smallest absolute Gasteiger partial charge is 0.256 e. The van der Waals surface area contributed by atoms with E-state index in [0.29, 0.717) is 53.4 Å². The molecule has 3 N–H and O–H groups in total. The minimum absolute atomic E-state index is 0.0750. The highest BCUT2D eigenvalue weighted by Gasteiger charge is 2.37. The van der Waals surface area contributed by atoms with Crippen LogP contribution in [0.25, 0.3) is 11.4 Å². The number of aliphatic hydroxyl groups excluding tert-OH is 1. The van der Waals surface area contributed by atoms with Crippen LogP contribution in [0.5, 0.6) is 0 Å². The van der Waals surface area contributed by atoms with E-state index in [9.17, 15) is 17.9 Å². The molecule has 14 heteroatoms. The fourth-order valence-corrected chi connectivity index (χ4v) is 6.29. The minimum atomic E-state index is -3.49. The average molecular weight is 592 g/mol. The van der Waals surface area contributed by atoms with Gasteiger partial charge in [-0.05, 0) is 44.6 Å². The molecule has 0 unspecified atom stereocenters. The lowest BCUT2D eigenvalue weighted by atomic mass is 9.92. The van der Waals surface area contributed by atoms with E-state index in [1.54, 1.807) is 30.9 Å². The monoisotopic (exact) mass is 591 g/mol. The molecule has 2 saturated carbocycles. The van der Waals surface area contributed by atoms with Gasteiger partial charge >= 0.3 is 0 Å². The Bertz CT molecular complexity index is 1740. The van der Waals surface area contributed by atoms with Crippen LogP contribution < -0.4 is 10.6 Å². The van der Waals surface area contributed by atoms with Crippen molar-refractivity contribution in [3.05, 3.63) is 60.4 Å². The van der Waals surface area contributed by atoms with Crippen LogP contribution in [0.1, 0.15) is 49.7 Å². The van der Waals surface area contributed by atoms with Crippen LogP contribution in [-0.4, -0.2) is 71.5 Å². The van der Waals surface area contributed by atoms with Crippen molar-refractivity contribution in [2.24, 2.45) is 0 Å². The maximum Gasteiger partial charge on any atom is 0.256 e. The van der Waals surface area contributed by atoms with E-state index in [-0.39, 0.29) is 23.9 Å². The van der Waals surface area contributed by atoms with E-state index < -0.39 is 16.7 Å². The fraction of sp³-hybridized carbons (Fsp3) is 0.393. The van der Waals surface area contributed by atoms with Crippen molar-refractivity contribution in [3.63, 3.8) is 0 Å². The first-order valence-electron chi connectivity index (χ1n) is 13.8. The molecular formula is C28H30FN9O3S. The third-order valence-electron chi connectivity index (χ3n) is 7.13. The molecule has 4 aromatic rings. The molecule has 0 aliphatic heterocycles. The topological polar surface area (TPSA) is 153 Å². The zero-order chi connectivity index (χ0) is 29.1. The molecule has 0 spiro atoms. The van der Waals surface area contributed by atoms with Crippen LogP contribution in [0, 0.1) is 11.8 Å². The first kappa shape index (κ1) is 27.8. The lowest BCUT2D eigenvalue weighted by molar-refractivity contribution is 0.124. The van der Waals surface area contributed by atoms with Crippen molar-refractivity contribution in [3.8, 4) is 23.2 Å². The van der Waals surface area contributed by atoms with E-state index in [4.69, 9.17) is 0 Å². The first-order valence-corrected chi connectivity index (χ1v) is 15.3. The Hall–Kier alpha value is -4.35. The molecule has 42 heavy (non-hydrogen) atoms. The predicted octanol–water partition coefficient (Wildman–Crippen LogP) is 3.10. The fourth-order valence-electron chi connectivity index (χ4n) is 4.81. The number of alkyl halides is 1. The first-order chi connectivity index (χ1) is 20.4. The summed E-state index contributed by atoms with van der Waals surface area (Å²) >= 11 is 0. The highest BCUT2D eigenvalue weighted by molar-refractivity contribution is 7.90. The maximum atomic E-state index is 12.6.